The number of amides is 1. The van der Waals surface area contributed by atoms with Gasteiger partial charge in [-0.15, -0.1) is 11.3 Å². The number of carboxylic acid groups (broad SMARTS) is 1. The first-order valence-electron chi connectivity index (χ1n) is 7.95. The number of hydrogen-bond acceptors (Lipinski definition) is 4. The minimum atomic E-state index is -0.748. The minimum absolute atomic E-state index is 0.201. The normalized spacial score (nSPS) is 18.4. The van der Waals surface area contributed by atoms with Gasteiger partial charge in [0.1, 0.15) is 0 Å². The molecular weight excluding hydrogens is 300 g/mol. The first-order chi connectivity index (χ1) is 10.5. The fourth-order valence-corrected chi connectivity index (χ4v) is 3.60. The molecule has 2 heterocycles. The molecule has 0 aliphatic carbocycles. The Morgan fingerprint density at radius 1 is 1.45 bits per heavy atom. The molecule has 1 fully saturated rings. The van der Waals surface area contributed by atoms with Crippen LogP contribution in [0.15, 0.2) is 5.38 Å². The average molecular weight is 324 g/mol. The summed E-state index contributed by atoms with van der Waals surface area (Å²) >= 11 is 1.64. The molecule has 22 heavy (non-hydrogen) atoms. The molecule has 1 N–H and O–H groups in total. The van der Waals surface area contributed by atoms with Gasteiger partial charge in [0.05, 0.1) is 10.7 Å². The molecule has 6 heteroatoms. The fourth-order valence-electron chi connectivity index (χ4n) is 2.96. The lowest BCUT2D eigenvalue weighted by Gasteiger charge is -2.32. The summed E-state index contributed by atoms with van der Waals surface area (Å²) in [6, 6.07) is 0. The number of piperidine rings is 1. The Bertz CT molecular complexity index is 515. The van der Waals surface area contributed by atoms with Crippen molar-refractivity contribution in [2.45, 2.75) is 51.9 Å². The second-order valence-electron chi connectivity index (χ2n) is 5.99. The summed E-state index contributed by atoms with van der Waals surface area (Å²) in [5, 5.41) is 11.9. The van der Waals surface area contributed by atoms with Crippen LogP contribution in [-0.4, -0.2) is 40.0 Å². The molecule has 0 bridgehead atoms. The SMILES string of the molecule is Cc1nc(CCCC(=O)N2CCCC(CCC(=O)O)C2)cs1. The highest BCUT2D eigenvalue weighted by molar-refractivity contribution is 7.09. The van der Waals surface area contributed by atoms with Crippen molar-refractivity contribution in [3.8, 4) is 0 Å². The van der Waals surface area contributed by atoms with E-state index in [1.807, 2.05) is 11.8 Å². The average Bonchev–Trinajstić information content (AvgIpc) is 2.91. The Labute approximate surface area is 135 Å². The summed E-state index contributed by atoms with van der Waals surface area (Å²) in [6.45, 7) is 3.53. The van der Waals surface area contributed by atoms with E-state index in [1.165, 1.54) is 0 Å². The quantitative estimate of drug-likeness (QED) is 0.837. The van der Waals surface area contributed by atoms with Crippen LogP contribution < -0.4 is 0 Å². The van der Waals surface area contributed by atoms with E-state index < -0.39 is 5.97 Å². The Hall–Kier alpha value is -1.43. The van der Waals surface area contributed by atoms with E-state index in [0.29, 0.717) is 18.8 Å². The van der Waals surface area contributed by atoms with Crippen molar-refractivity contribution in [3.63, 3.8) is 0 Å². The summed E-state index contributed by atoms with van der Waals surface area (Å²) in [5.41, 5.74) is 1.08. The lowest BCUT2D eigenvalue weighted by Crippen LogP contribution is -2.40. The molecule has 1 aliphatic heterocycles. The van der Waals surface area contributed by atoms with Gasteiger partial charge in [-0.05, 0) is 44.9 Å². The number of thiazole rings is 1. The van der Waals surface area contributed by atoms with Crippen LogP contribution in [0.1, 0.15) is 49.2 Å². The van der Waals surface area contributed by atoms with Gasteiger partial charge in [0.15, 0.2) is 0 Å². The second-order valence-corrected chi connectivity index (χ2v) is 7.05. The second kappa shape index (κ2) is 8.27. The maximum atomic E-state index is 12.3. The van der Waals surface area contributed by atoms with E-state index in [9.17, 15) is 9.59 Å². The van der Waals surface area contributed by atoms with Gasteiger partial charge in [-0.25, -0.2) is 4.98 Å². The molecule has 5 nitrogen and oxygen atoms in total. The topological polar surface area (TPSA) is 70.5 Å². The van der Waals surface area contributed by atoms with Crippen LogP contribution in [0.4, 0.5) is 0 Å². The molecule has 1 saturated heterocycles. The van der Waals surface area contributed by atoms with Gasteiger partial charge >= 0.3 is 5.97 Å². The molecule has 2 rings (SSSR count). The first-order valence-corrected chi connectivity index (χ1v) is 8.83. The van der Waals surface area contributed by atoms with Gasteiger partial charge in [0, 0.05) is 31.3 Å². The molecule has 1 aromatic rings. The van der Waals surface area contributed by atoms with E-state index in [1.54, 1.807) is 11.3 Å². The Morgan fingerprint density at radius 2 is 2.27 bits per heavy atom. The number of carboxylic acids is 1. The number of aryl methyl sites for hydroxylation is 2. The number of nitrogens with zero attached hydrogens (tertiary/aromatic N) is 2. The maximum Gasteiger partial charge on any atom is 0.303 e. The standard InChI is InChI=1S/C16H24N2O3S/c1-12-17-14(11-22-12)5-2-6-15(19)18-9-3-4-13(10-18)7-8-16(20)21/h11,13H,2-10H2,1H3,(H,20,21). The van der Waals surface area contributed by atoms with E-state index in [2.05, 4.69) is 10.4 Å². The Morgan fingerprint density at radius 3 is 2.95 bits per heavy atom. The number of likely N-dealkylation sites (tertiary alicyclic amines) is 1. The zero-order valence-corrected chi connectivity index (χ0v) is 13.9. The highest BCUT2D eigenvalue weighted by Gasteiger charge is 2.23. The summed E-state index contributed by atoms with van der Waals surface area (Å²) in [7, 11) is 0. The van der Waals surface area contributed by atoms with Gasteiger partial charge in [-0.1, -0.05) is 0 Å². The van der Waals surface area contributed by atoms with Gasteiger partial charge in [-0.3, -0.25) is 9.59 Å². The fraction of sp³-hybridized carbons (Fsp3) is 0.688. The molecule has 1 unspecified atom stereocenters. The van der Waals surface area contributed by atoms with E-state index in [4.69, 9.17) is 5.11 Å². The van der Waals surface area contributed by atoms with Gasteiger partial charge in [0.25, 0.3) is 0 Å². The molecule has 0 radical (unpaired) electrons. The molecule has 1 aliphatic rings. The van der Waals surface area contributed by atoms with E-state index >= 15 is 0 Å². The van der Waals surface area contributed by atoms with Crippen molar-refractivity contribution in [3.05, 3.63) is 16.1 Å². The van der Waals surface area contributed by atoms with Gasteiger partial charge in [0.2, 0.25) is 5.91 Å². The number of aliphatic carboxylic acids is 1. The summed E-state index contributed by atoms with van der Waals surface area (Å²) in [5.74, 6) is -0.205. The first kappa shape index (κ1) is 16.9. The minimum Gasteiger partial charge on any atom is -0.481 e. The molecule has 122 valence electrons. The zero-order valence-electron chi connectivity index (χ0n) is 13.1. The molecule has 1 atom stereocenters. The Kier molecular flexibility index (Phi) is 6.36. The van der Waals surface area contributed by atoms with Crippen molar-refractivity contribution in [2.24, 2.45) is 5.92 Å². The summed E-state index contributed by atoms with van der Waals surface area (Å²) < 4.78 is 0. The molecule has 0 spiro atoms. The maximum absolute atomic E-state index is 12.3. The lowest BCUT2D eigenvalue weighted by atomic mass is 9.93. The number of carbonyl (C=O) groups excluding carboxylic acids is 1. The molecule has 0 saturated carbocycles. The van der Waals surface area contributed by atoms with Crippen LogP contribution in [0.25, 0.3) is 0 Å². The van der Waals surface area contributed by atoms with Crippen LogP contribution in [0.3, 0.4) is 0 Å². The number of rotatable bonds is 7. The van der Waals surface area contributed by atoms with Crippen molar-refractivity contribution in [2.75, 3.05) is 13.1 Å². The predicted molar refractivity (Wildman–Crippen MR) is 86.0 cm³/mol. The van der Waals surface area contributed by atoms with E-state index in [-0.39, 0.29) is 12.3 Å². The van der Waals surface area contributed by atoms with Crippen molar-refractivity contribution in [1.82, 2.24) is 9.88 Å². The summed E-state index contributed by atoms with van der Waals surface area (Å²) in [4.78, 5) is 29.2. The number of hydrogen-bond donors (Lipinski definition) is 1. The molecule has 1 aromatic heterocycles. The largest absolute Gasteiger partial charge is 0.481 e. The predicted octanol–water partition coefficient (Wildman–Crippen LogP) is 2.88. The van der Waals surface area contributed by atoms with Crippen molar-refractivity contribution >= 4 is 23.2 Å². The number of aromatic nitrogens is 1. The van der Waals surface area contributed by atoms with Crippen LogP contribution in [0.2, 0.25) is 0 Å². The highest BCUT2D eigenvalue weighted by atomic mass is 32.1. The van der Waals surface area contributed by atoms with Crippen LogP contribution in [-0.2, 0) is 16.0 Å². The van der Waals surface area contributed by atoms with E-state index in [0.717, 1.165) is 49.5 Å². The lowest BCUT2D eigenvalue weighted by molar-refractivity contribution is -0.137. The summed E-state index contributed by atoms with van der Waals surface area (Å²) in [6.07, 6.45) is 5.15. The van der Waals surface area contributed by atoms with Gasteiger partial charge < -0.3 is 10.0 Å². The van der Waals surface area contributed by atoms with Crippen LogP contribution in [0, 0.1) is 12.8 Å². The number of carbonyl (C=O) groups is 2. The third kappa shape index (κ3) is 5.40. The van der Waals surface area contributed by atoms with Crippen LogP contribution in [0.5, 0.6) is 0 Å². The third-order valence-corrected chi connectivity index (χ3v) is 4.95. The highest BCUT2D eigenvalue weighted by Crippen LogP contribution is 2.22. The molecular formula is C16H24N2O3S. The molecule has 0 aromatic carbocycles. The third-order valence-electron chi connectivity index (χ3n) is 4.13. The van der Waals surface area contributed by atoms with Crippen LogP contribution >= 0.6 is 11.3 Å². The smallest absolute Gasteiger partial charge is 0.303 e. The monoisotopic (exact) mass is 324 g/mol. The zero-order chi connectivity index (χ0) is 15.9. The molecule has 1 amide bonds. The van der Waals surface area contributed by atoms with Crippen molar-refractivity contribution in [1.29, 1.82) is 0 Å². The van der Waals surface area contributed by atoms with Crippen molar-refractivity contribution < 1.29 is 14.7 Å². The Balaban J connectivity index is 1.70. The van der Waals surface area contributed by atoms with Gasteiger partial charge in [-0.2, -0.15) is 0 Å².